The molecule has 0 saturated carbocycles. The predicted octanol–water partition coefficient (Wildman–Crippen LogP) is 2.64. The van der Waals surface area contributed by atoms with Crippen molar-refractivity contribution >= 4 is 21.8 Å². The quantitative estimate of drug-likeness (QED) is 0.797. The van der Waals surface area contributed by atoms with E-state index in [0.29, 0.717) is 12.1 Å². The molecule has 1 amide bonds. The van der Waals surface area contributed by atoms with Gasteiger partial charge in [0, 0.05) is 29.8 Å². The van der Waals surface area contributed by atoms with Crippen molar-refractivity contribution in [2.75, 3.05) is 11.9 Å². The molecule has 0 bridgehead atoms. The van der Waals surface area contributed by atoms with Crippen LogP contribution in [-0.2, 0) is 0 Å². The monoisotopic (exact) mass is 284 g/mol. The third-order valence-electron chi connectivity index (χ3n) is 2.45. The van der Waals surface area contributed by atoms with Gasteiger partial charge in [-0.1, -0.05) is 15.9 Å². The summed E-state index contributed by atoms with van der Waals surface area (Å²) in [5.74, 6) is 0.0556. The van der Waals surface area contributed by atoms with Gasteiger partial charge in [0.1, 0.15) is 0 Å². The number of nitrogens with zero attached hydrogens (tertiary/aromatic N) is 2. The first-order chi connectivity index (χ1) is 7.57. The smallest absolute Gasteiger partial charge is 0.255 e. The zero-order chi connectivity index (χ0) is 12.1. The highest BCUT2D eigenvalue weighted by atomic mass is 79.9. The molecule has 0 aliphatic rings. The Balaban J connectivity index is 2.95. The summed E-state index contributed by atoms with van der Waals surface area (Å²) in [5, 5.41) is 0.788. The summed E-state index contributed by atoms with van der Waals surface area (Å²) in [6.07, 6.45) is 1.70. The van der Waals surface area contributed by atoms with E-state index in [9.17, 15) is 4.79 Å². The Morgan fingerprint density at radius 3 is 2.75 bits per heavy atom. The van der Waals surface area contributed by atoms with E-state index in [-0.39, 0.29) is 11.9 Å². The number of aryl methyl sites for hydroxylation is 1. The lowest BCUT2D eigenvalue weighted by Crippen LogP contribution is -2.38. The van der Waals surface area contributed by atoms with Crippen LogP contribution in [0.1, 0.15) is 29.9 Å². The predicted molar refractivity (Wildman–Crippen MR) is 68.9 cm³/mol. The van der Waals surface area contributed by atoms with Crippen molar-refractivity contribution in [2.24, 2.45) is 0 Å². The SMILES string of the molecule is Cc1ncccc1C(=O)N(CCBr)C(C)C. The topological polar surface area (TPSA) is 33.2 Å². The number of aromatic nitrogens is 1. The van der Waals surface area contributed by atoms with E-state index in [1.165, 1.54) is 0 Å². The molecule has 0 fully saturated rings. The van der Waals surface area contributed by atoms with Crippen molar-refractivity contribution < 1.29 is 4.79 Å². The van der Waals surface area contributed by atoms with Gasteiger partial charge in [0.15, 0.2) is 0 Å². The normalized spacial score (nSPS) is 10.6. The van der Waals surface area contributed by atoms with Gasteiger partial charge in [-0.25, -0.2) is 0 Å². The van der Waals surface area contributed by atoms with Gasteiger partial charge >= 0.3 is 0 Å². The van der Waals surface area contributed by atoms with Gasteiger partial charge in [-0.15, -0.1) is 0 Å². The van der Waals surface area contributed by atoms with E-state index in [0.717, 1.165) is 11.0 Å². The van der Waals surface area contributed by atoms with Crippen LogP contribution in [-0.4, -0.2) is 33.7 Å². The molecule has 1 aromatic rings. The summed E-state index contributed by atoms with van der Waals surface area (Å²) in [5.41, 5.74) is 1.48. The minimum Gasteiger partial charge on any atom is -0.335 e. The van der Waals surface area contributed by atoms with Crippen molar-refractivity contribution in [3.8, 4) is 0 Å². The lowest BCUT2D eigenvalue weighted by molar-refractivity contribution is 0.0718. The van der Waals surface area contributed by atoms with Gasteiger partial charge in [-0.3, -0.25) is 9.78 Å². The van der Waals surface area contributed by atoms with E-state index in [1.807, 2.05) is 31.7 Å². The van der Waals surface area contributed by atoms with Crippen LogP contribution in [0.2, 0.25) is 0 Å². The summed E-state index contributed by atoms with van der Waals surface area (Å²) in [6.45, 7) is 6.61. The van der Waals surface area contributed by atoms with Crippen LogP contribution in [0, 0.1) is 6.92 Å². The number of pyridine rings is 1. The van der Waals surface area contributed by atoms with E-state index in [4.69, 9.17) is 0 Å². The molecule has 0 aromatic carbocycles. The molecule has 16 heavy (non-hydrogen) atoms. The van der Waals surface area contributed by atoms with E-state index in [2.05, 4.69) is 20.9 Å². The molecule has 0 N–H and O–H groups in total. The maximum Gasteiger partial charge on any atom is 0.255 e. The summed E-state index contributed by atoms with van der Waals surface area (Å²) in [6, 6.07) is 3.82. The molecule has 88 valence electrons. The Hall–Kier alpha value is -0.900. The van der Waals surface area contributed by atoms with Gasteiger partial charge in [0.05, 0.1) is 5.56 Å². The fourth-order valence-corrected chi connectivity index (χ4v) is 1.93. The number of rotatable bonds is 4. The fourth-order valence-electron chi connectivity index (χ4n) is 1.55. The highest BCUT2D eigenvalue weighted by Crippen LogP contribution is 2.11. The molecule has 0 radical (unpaired) electrons. The highest BCUT2D eigenvalue weighted by molar-refractivity contribution is 9.09. The first kappa shape index (κ1) is 13.2. The molecule has 0 spiro atoms. The fraction of sp³-hybridized carbons (Fsp3) is 0.500. The number of hydrogen-bond donors (Lipinski definition) is 0. The Labute approximate surface area is 105 Å². The van der Waals surface area contributed by atoms with E-state index >= 15 is 0 Å². The van der Waals surface area contributed by atoms with Crippen molar-refractivity contribution in [1.82, 2.24) is 9.88 Å². The Bertz CT molecular complexity index is 366. The highest BCUT2D eigenvalue weighted by Gasteiger charge is 2.19. The summed E-state index contributed by atoms with van der Waals surface area (Å²) < 4.78 is 0. The van der Waals surface area contributed by atoms with Crippen LogP contribution in [0.15, 0.2) is 18.3 Å². The molecule has 4 heteroatoms. The summed E-state index contributed by atoms with van der Waals surface area (Å²) in [7, 11) is 0. The zero-order valence-corrected chi connectivity index (χ0v) is 11.5. The molecule has 0 atom stereocenters. The number of carbonyl (C=O) groups excluding carboxylic acids is 1. The van der Waals surface area contributed by atoms with Gasteiger partial charge in [-0.2, -0.15) is 0 Å². The standard InChI is InChI=1S/C12H17BrN2O/c1-9(2)15(8-6-13)12(16)11-5-4-7-14-10(11)3/h4-5,7,9H,6,8H2,1-3H3. The van der Waals surface area contributed by atoms with Crippen LogP contribution in [0.4, 0.5) is 0 Å². The van der Waals surface area contributed by atoms with E-state index < -0.39 is 0 Å². The number of alkyl halides is 1. The summed E-state index contributed by atoms with van der Waals surface area (Å²) in [4.78, 5) is 18.3. The molecule has 0 aliphatic heterocycles. The van der Waals surface area contributed by atoms with Gasteiger partial charge in [-0.05, 0) is 32.9 Å². The average Bonchev–Trinajstić information content (AvgIpc) is 2.25. The molecule has 1 rings (SSSR count). The number of amides is 1. The molecule has 0 aliphatic carbocycles. The largest absolute Gasteiger partial charge is 0.335 e. The maximum absolute atomic E-state index is 12.3. The Kier molecular flexibility index (Phi) is 4.93. The number of hydrogen-bond acceptors (Lipinski definition) is 2. The molecule has 0 unspecified atom stereocenters. The molecular weight excluding hydrogens is 268 g/mol. The van der Waals surface area contributed by atoms with Gasteiger partial charge in [0.2, 0.25) is 0 Å². The molecule has 3 nitrogen and oxygen atoms in total. The number of carbonyl (C=O) groups is 1. The number of halogens is 1. The lowest BCUT2D eigenvalue weighted by Gasteiger charge is -2.26. The molecule has 0 saturated heterocycles. The average molecular weight is 285 g/mol. The zero-order valence-electron chi connectivity index (χ0n) is 9.90. The lowest BCUT2D eigenvalue weighted by atomic mass is 10.1. The van der Waals surface area contributed by atoms with Crippen LogP contribution < -0.4 is 0 Å². The first-order valence-corrected chi connectivity index (χ1v) is 6.48. The summed E-state index contributed by atoms with van der Waals surface area (Å²) >= 11 is 3.37. The second kappa shape index (κ2) is 5.99. The molecular formula is C12H17BrN2O. The third-order valence-corrected chi connectivity index (χ3v) is 2.80. The van der Waals surface area contributed by atoms with E-state index in [1.54, 1.807) is 12.3 Å². The van der Waals surface area contributed by atoms with Crippen LogP contribution >= 0.6 is 15.9 Å². The van der Waals surface area contributed by atoms with Crippen LogP contribution in [0.25, 0.3) is 0 Å². The van der Waals surface area contributed by atoms with Crippen LogP contribution in [0.3, 0.4) is 0 Å². The molecule has 1 aromatic heterocycles. The van der Waals surface area contributed by atoms with Crippen molar-refractivity contribution in [3.63, 3.8) is 0 Å². The minimum atomic E-state index is 0.0556. The maximum atomic E-state index is 12.3. The van der Waals surface area contributed by atoms with Crippen molar-refractivity contribution in [3.05, 3.63) is 29.6 Å². The van der Waals surface area contributed by atoms with Crippen molar-refractivity contribution in [2.45, 2.75) is 26.8 Å². The van der Waals surface area contributed by atoms with Gasteiger partial charge in [0.25, 0.3) is 5.91 Å². The minimum absolute atomic E-state index is 0.0556. The second-order valence-corrected chi connectivity index (χ2v) is 4.71. The Morgan fingerprint density at radius 2 is 2.25 bits per heavy atom. The molecule has 1 heterocycles. The Morgan fingerprint density at radius 1 is 1.56 bits per heavy atom. The van der Waals surface area contributed by atoms with Crippen molar-refractivity contribution in [1.29, 1.82) is 0 Å². The van der Waals surface area contributed by atoms with Crippen LogP contribution in [0.5, 0.6) is 0 Å². The third kappa shape index (κ3) is 3.04. The second-order valence-electron chi connectivity index (χ2n) is 3.92. The first-order valence-electron chi connectivity index (χ1n) is 5.36. The van der Waals surface area contributed by atoms with Gasteiger partial charge < -0.3 is 4.90 Å².